The van der Waals surface area contributed by atoms with Crippen molar-refractivity contribution < 1.29 is 33.5 Å². The number of hydrogen-bond donors (Lipinski definition) is 0. The molecule has 1 fully saturated rings. The average molecular weight is 271 g/mol. The molecule has 0 spiro atoms. The van der Waals surface area contributed by atoms with Gasteiger partial charge in [-0.2, -0.15) is 0 Å². The molecule has 1 aliphatic rings. The summed E-state index contributed by atoms with van der Waals surface area (Å²) in [6.45, 7) is 0. The van der Waals surface area contributed by atoms with E-state index in [9.17, 15) is 33.5 Å². The molecule has 0 radical (unpaired) electrons. The van der Waals surface area contributed by atoms with E-state index < -0.39 is 35.4 Å². The van der Waals surface area contributed by atoms with E-state index in [1.165, 1.54) is 0 Å². The molecule has 0 aromatic carbocycles. The van der Waals surface area contributed by atoms with Crippen molar-refractivity contribution in [3.05, 3.63) is 0 Å². The zero-order chi connectivity index (χ0) is 10.7. The number of halogens is 6. The Balaban J connectivity index is 3.25. The van der Waals surface area contributed by atoms with Gasteiger partial charge in [-0.3, -0.25) is 0 Å². The summed E-state index contributed by atoms with van der Waals surface area (Å²) in [6, 6.07) is 0. The third-order valence-electron chi connectivity index (χ3n) is 1.78. The first-order chi connectivity index (χ1) is 5.43. The molecular weight excluding hydrogens is 269 g/mol. The predicted molar refractivity (Wildman–Crippen MR) is 27.7 cm³/mol. The van der Waals surface area contributed by atoms with Crippen molar-refractivity contribution in [1.29, 1.82) is 0 Å². The fraction of sp³-hybridized carbons (Fsp3) is 0.750. The molecule has 1 atom stereocenters. The minimum atomic E-state index is -8.50. The maximum atomic E-state index is 12.5. The zero-order valence-electron chi connectivity index (χ0n) is 5.74. The van der Waals surface area contributed by atoms with E-state index in [1.807, 2.05) is 0 Å². The van der Waals surface area contributed by atoms with Crippen molar-refractivity contribution >= 4 is 19.8 Å². The van der Waals surface area contributed by atoms with Crippen molar-refractivity contribution in [3.8, 4) is 0 Å². The molecule has 9 heteroatoms. The Bertz CT molecular complexity index is 282. The van der Waals surface area contributed by atoms with Crippen LogP contribution in [0.4, 0.5) is 23.6 Å². The molecule has 1 unspecified atom stereocenters. The van der Waals surface area contributed by atoms with Gasteiger partial charge in [0.1, 0.15) is 0 Å². The summed E-state index contributed by atoms with van der Waals surface area (Å²) in [5, 5.41) is 7.08. The third kappa shape index (κ3) is 0.949. The Kier molecular flexibility index (Phi) is 1.64. The number of carbonyl (C=O) groups is 1. The van der Waals surface area contributed by atoms with Crippen LogP contribution in [0.15, 0.2) is 0 Å². The van der Waals surface area contributed by atoms with Crippen molar-refractivity contribution in [1.82, 2.24) is 0 Å². The van der Waals surface area contributed by atoms with Crippen LogP contribution in [-0.4, -0.2) is 30.2 Å². The van der Waals surface area contributed by atoms with Gasteiger partial charge in [-0.15, -0.1) is 0 Å². The summed E-state index contributed by atoms with van der Waals surface area (Å²) in [4.78, 5) is 9.70. The van der Waals surface area contributed by atoms with Gasteiger partial charge in [0, 0.05) is 0 Å². The molecule has 1 aliphatic heterocycles. The number of aliphatic carboxylic acids is 1. The molecule has 0 bridgehead atoms. The predicted octanol–water partition coefficient (Wildman–Crippen LogP) is 0.434. The number of carboxylic acids is 1. The van der Waals surface area contributed by atoms with Crippen LogP contribution in [0.2, 0.25) is 5.21 Å². The molecule has 1 saturated heterocycles. The summed E-state index contributed by atoms with van der Waals surface area (Å²) in [7, 11) is 0. The van der Waals surface area contributed by atoms with Gasteiger partial charge in [0.2, 0.25) is 0 Å². The Morgan fingerprint density at radius 3 is 1.69 bits per heavy atom. The van der Waals surface area contributed by atoms with E-state index in [1.54, 1.807) is 0 Å². The molecule has 78 valence electrons. The second kappa shape index (κ2) is 1.99. The van der Waals surface area contributed by atoms with E-state index >= 15 is 0 Å². The molecule has 0 saturated carbocycles. The van der Waals surface area contributed by atoms with Gasteiger partial charge in [0.25, 0.3) is 0 Å². The Morgan fingerprint density at radius 2 is 1.62 bits per heavy atom. The maximum absolute atomic E-state index is 12.5. The van der Waals surface area contributed by atoms with E-state index in [0.717, 1.165) is 0 Å². The first kappa shape index (κ1) is 10.7. The van der Waals surface area contributed by atoms with Crippen molar-refractivity contribution in [2.75, 3.05) is 0 Å². The van der Waals surface area contributed by atoms with E-state index in [-0.39, 0.29) is 0 Å². The van der Waals surface area contributed by atoms with Gasteiger partial charge in [-0.05, 0) is 0 Å². The van der Waals surface area contributed by atoms with Crippen molar-refractivity contribution in [2.24, 2.45) is 0 Å². The Hall–Kier alpha value is -0.392. The standard InChI is InChI=1S/C4H3AsF6O2/c6-3(7)1-5(9,10,11)4(3,8)2(12)13/h1H2,(H,12,13)/p-1. The first-order valence-corrected chi connectivity index (χ1v) is 7.27. The first-order valence-electron chi connectivity index (χ1n) is 2.88. The summed E-state index contributed by atoms with van der Waals surface area (Å²) in [5.41, 5.74) is 0. The molecular formula is C4H2AsF6O2-. The van der Waals surface area contributed by atoms with Gasteiger partial charge in [0.05, 0.1) is 0 Å². The Labute approximate surface area is 69.7 Å². The van der Waals surface area contributed by atoms with Gasteiger partial charge in [-0.1, -0.05) is 0 Å². The number of carboxylic acid groups (broad SMARTS) is 1. The number of hydrogen-bond acceptors (Lipinski definition) is 2. The number of carbonyl (C=O) groups excluding carboxylic acids is 1. The molecule has 0 aromatic rings. The zero-order valence-corrected chi connectivity index (χ0v) is 7.62. The summed E-state index contributed by atoms with van der Waals surface area (Å²) >= 11 is -8.50. The third-order valence-corrected chi connectivity index (χ3v) is 7.15. The van der Waals surface area contributed by atoms with Crippen molar-refractivity contribution in [3.63, 3.8) is 0 Å². The van der Waals surface area contributed by atoms with Crippen LogP contribution < -0.4 is 5.11 Å². The van der Waals surface area contributed by atoms with Gasteiger partial charge in [0.15, 0.2) is 0 Å². The SMILES string of the molecule is O=C([O-])C1(F)C(F)(F)C[As]1(F)(F)F. The second-order valence-corrected chi connectivity index (χ2v) is 8.73. The summed E-state index contributed by atoms with van der Waals surface area (Å²) in [6.07, 6.45) is 0. The minimum absolute atomic E-state index is 2.62. The Morgan fingerprint density at radius 1 is 1.23 bits per heavy atom. The fourth-order valence-corrected chi connectivity index (χ4v) is 4.91. The van der Waals surface area contributed by atoms with Gasteiger partial charge >= 0.3 is 68.9 Å². The van der Waals surface area contributed by atoms with Gasteiger partial charge < -0.3 is 0 Å². The molecule has 0 N–H and O–H groups in total. The van der Waals surface area contributed by atoms with Crippen LogP contribution in [0.1, 0.15) is 0 Å². The van der Waals surface area contributed by atoms with Crippen LogP contribution in [0.5, 0.6) is 0 Å². The second-order valence-electron chi connectivity index (χ2n) is 2.73. The summed E-state index contributed by atoms with van der Waals surface area (Å²) < 4.78 is 68.1. The molecule has 1 heterocycles. The van der Waals surface area contributed by atoms with Crippen molar-refractivity contribution in [2.45, 2.75) is 15.6 Å². The molecule has 2 nitrogen and oxygen atoms in total. The van der Waals surface area contributed by atoms with Crippen LogP contribution >= 0.6 is 0 Å². The molecule has 13 heavy (non-hydrogen) atoms. The monoisotopic (exact) mass is 271 g/mol. The number of alkyl halides is 3. The quantitative estimate of drug-likeness (QED) is 0.512. The number of rotatable bonds is 1. The topological polar surface area (TPSA) is 40.1 Å². The summed E-state index contributed by atoms with van der Waals surface area (Å²) in [5.74, 6) is -8.27. The van der Waals surface area contributed by atoms with E-state index in [0.29, 0.717) is 0 Å². The average Bonchev–Trinajstić information content (AvgIpc) is 1.80. The van der Waals surface area contributed by atoms with E-state index in [4.69, 9.17) is 0 Å². The normalized spacial score (nSPS) is 42.5. The molecule has 0 amide bonds. The van der Waals surface area contributed by atoms with E-state index in [2.05, 4.69) is 0 Å². The molecule has 0 aromatic heterocycles. The van der Waals surface area contributed by atoms with Crippen LogP contribution in [0.25, 0.3) is 0 Å². The van der Waals surface area contributed by atoms with Crippen LogP contribution in [0.3, 0.4) is 0 Å². The van der Waals surface area contributed by atoms with Gasteiger partial charge in [-0.25, -0.2) is 0 Å². The van der Waals surface area contributed by atoms with Crippen LogP contribution in [0, 0.1) is 0 Å². The van der Waals surface area contributed by atoms with Crippen LogP contribution in [-0.2, 0) is 4.79 Å². The molecule has 0 aliphatic carbocycles. The molecule has 1 rings (SSSR count). The fourth-order valence-electron chi connectivity index (χ4n) is 1.07.